The molecule has 0 radical (unpaired) electrons. The zero-order valence-corrected chi connectivity index (χ0v) is 12.0. The van der Waals surface area contributed by atoms with E-state index in [0.29, 0.717) is 11.4 Å². The summed E-state index contributed by atoms with van der Waals surface area (Å²) in [6, 6.07) is 5.73. The summed E-state index contributed by atoms with van der Waals surface area (Å²) >= 11 is 1.32. The van der Waals surface area contributed by atoms with Crippen LogP contribution in [0.25, 0.3) is 0 Å². The lowest BCUT2D eigenvalue weighted by Gasteiger charge is -2.22. The quantitative estimate of drug-likeness (QED) is 0.909. The zero-order valence-electron chi connectivity index (χ0n) is 11.2. The molecule has 0 fully saturated rings. The molecule has 4 nitrogen and oxygen atoms in total. The van der Waals surface area contributed by atoms with Gasteiger partial charge in [-0.3, -0.25) is 4.90 Å². The summed E-state index contributed by atoms with van der Waals surface area (Å²) in [7, 11) is 2.00. The minimum Gasteiger partial charge on any atom is -0.477 e. The number of hydrogen-bond acceptors (Lipinski definition) is 4. The Morgan fingerprint density at radius 1 is 1.58 bits per heavy atom. The van der Waals surface area contributed by atoms with E-state index in [4.69, 9.17) is 9.52 Å². The topological polar surface area (TPSA) is 53.7 Å². The van der Waals surface area contributed by atoms with E-state index in [2.05, 4.69) is 11.8 Å². The summed E-state index contributed by atoms with van der Waals surface area (Å²) < 4.78 is 5.39. The second-order valence-electron chi connectivity index (χ2n) is 4.60. The molecule has 0 saturated carbocycles. The predicted molar refractivity (Wildman–Crippen MR) is 74.6 cm³/mol. The number of carbonyl (C=O) groups is 1. The predicted octanol–water partition coefficient (Wildman–Crippen LogP) is 3.54. The molecule has 2 rings (SSSR count). The lowest BCUT2D eigenvalue weighted by atomic mass is 10.2. The Morgan fingerprint density at radius 2 is 2.32 bits per heavy atom. The van der Waals surface area contributed by atoms with Crippen LogP contribution in [0.1, 0.15) is 38.8 Å². The van der Waals surface area contributed by atoms with E-state index in [-0.39, 0.29) is 6.04 Å². The monoisotopic (exact) mass is 279 g/mol. The fourth-order valence-electron chi connectivity index (χ4n) is 1.93. The number of hydrogen-bond donors (Lipinski definition) is 1. The van der Waals surface area contributed by atoms with Crippen molar-refractivity contribution in [3.8, 4) is 0 Å². The Hall–Kier alpha value is -1.59. The third-order valence-electron chi connectivity index (χ3n) is 3.27. The maximum absolute atomic E-state index is 11.0. The third-order valence-corrected chi connectivity index (χ3v) is 4.35. The summed E-state index contributed by atoms with van der Waals surface area (Å²) in [5.74, 6) is 0.0509. The van der Waals surface area contributed by atoms with Crippen molar-refractivity contribution in [2.45, 2.75) is 26.4 Å². The Balaban J connectivity index is 2.10. The van der Waals surface area contributed by atoms with Gasteiger partial charge in [0.25, 0.3) is 0 Å². The number of nitrogens with zero attached hydrogens (tertiary/aromatic N) is 1. The fraction of sp³-hybridized carbons (Fsp3) is 0.357. The Bertz CT molecular complexity index is 559. The standard InChI is InChI=1S/C14H17NO3S/c1-9(12-5-4-6-18-12)15(3)8-11-7-13(14(16)17)19-10(11)2/h4-7,9H,8H2,1-3H3,(H,16,17). The van der Waals surface area contributed by atoms with E-state index in [1.807, 2.05) is 26.1 Å². The summed E-state index contributed by atoms with van der Waals surface area (Å²) in [5.41, 5.74) is 1.06. The molecule has 0 bridgehead atoms. The lowest BCUT2D eigenvalue weighted by molar-refractivity contribution is 0.0702. The lowest BCUT2D eigenvalue weighted by Crippen LogP contribution is -2.21. The molecule has 1 unspecified atom stereocenters. The number of aryl methyl sites for hydroxylation is 1. The van der Waals surface area contributed by atoms with Gasteiger partial charge in [-0.25, -0.2) is 4.79 Å². The minimum absolute atomic E-state index is 0.155. The van der Waals surface area contributed by atoms with Gasteiger partial charge in [-0.2, -0.15) is 0 Å². The molecule has 0 aliphatic heterocycles. The first-order chi connectivity index (χ1) is 8.99. The van der Waals surface area contributed by atoms with Gasteiger partial charge in [0.05, 0.1) is 12.3 Å². The van der Waals surface area contributed by atoms with Gasteiger partial charge >= 0.3 is 5.97 Å². The summed E-state index contributed by atoms with van der Waals surface area (Å²) in [5, 5.41) is 9.00. The molecule has 0 aliphatic rings. The van der Waals surface area contributed by atoms with E-state index >= 15 is 0 Å². The van der Waals surface area contributed by atoms with Crippen LogP contribution in [0.15, 0.2) is 28.9 Å². The molecule has 0 aromatic carbocycles. The molecule has 1 N–H and O–H groups in total. The first-order valence-electron chi connectivity index (χ1n) is 6.05. The number of thiophene rings is 1. The van der Waals surface area contributed by atoms with Gasteiger partial charge in [0.15, 0.2) is 0 Å². The molecule has 19 heavy (non-hydrogen) atoms. The average Bonchev–Trinajstić information content (AvgIpc) is 2.99. The van der Waals surface area contributed by atoms with Crippen LogP contribution in [-0.2, 0) is 6.54 Å². The fourth-order valence-corrected chi connectivity index (χ4v) is 2.81. The second kappa shape index (κ2) is 5.59. The number of aromatic carboxylic acids is 1. The molecule has 0 spiro atoms. The zero-order chi connectivity index (χ0) is 14.0. The average molecular weight is 279 g/mol. The molecular formula is C14H17NO3S. The van der Waals surface area contributed by atoms with E-state index in [9.17, 15) is 4.79 Å². The maximum atomic E-state index is 11.0. The maximum Gasteiger partial charge on any atom is 0.345 e. The molecule has 2 aromatic rings. The summed E-state index contributed by atoms with van der Waals surface area (Å²) in [6.45, 7) is 4.73. The first kappa shape index (κ1) is 13.8. The van der Waals surface area contributed by atoms with Crippen molar-refractivity contribution < 1.29 is 14.3 Å². The summed E-state index contributed by atoms with van der Waals surface area (Å²) in [4.78, 5) is 14.5. The van der Waals surface area contributed by atoms with E-state index in [0.717, 1.165) is 16.2 Å². The van der Waals surface area contributed by atoms with Gasteiger partial charge in [-0.1, -0.05) is 0 Å². The van der Waals surface area contributed by atoms with Gasteiger partial charge in [0.1, 0.15) is 10.6 Å². The Morgan fingerprint density at radius 3 is 2.84 bits per heavy atom. The Labute approximate surface area is 116 Å². The highest BCUT2D eigenvalue weighted by atomic mass is 32.1. The van der Waals surface area contributed by atoms with Crippen LogP contribution in [0.5, 0.6) is 0 Å². The van der Waals surface area contributed by atoms with Crippen LogP contribution in [0.2, 0.25) is 0 Å². The third kappa shape index (κ3) is 3.05. The number of carboxylic acids is 1. The normalized spacial score (nSPS) is 12.8. The number of furan rings is 1. The Kier molecular flexibility index (Phi) is 4.07. The smallest absolute Gasteiger partial charge is 0.345 e. The van der Waals surface area contributed by atoms with Gasteiger partial charge in [-0.15, -0.1) is 11.3 Å². The van der Waals surface area contributed by atoms with Crippen molar-refractivity contribution in [2.24, 2.45) is 0 Å². The van der Waals surface area contributed by atoms with E-state index in [1.54, 1.807) is 12.3 Å². The van der Waals surface area contributed by atoms with Crippen molar-refractivity contribution in [1.29, 1.82) is 0 Å². The molecule has 5 heteroatoms. The number of rotatable bonds is 5. The van der Waals surface area contributed by atoms with Crippen molar-refractivity contribution >= 4 is 17.3 Å². The molecule has 0 aliphatic carbocycles. The van der Waals surface area contributed by atoms with Gasteiger partial charge in [0.2, 0.25) is 0 Å². The van der Waals surface area contributed by atoms with Crippen molar-refractivity contribution in [3.63, 3.8) is 0 Å². The van der Waals surface area contributed by atoms with Crippen LogP contribution in [0.3, 0.4) is 0 Å². The summed E-state index contributed by atoms with van der Waals surface area (Å²) in [6.07, 6.45) is 1.66. The van der Waals surface area contributed by atoms with Gasteiger partial charge in [0, 0.05) is 11.4 Å². The van der Waals surface area contributed by atoms with Crippen molar-refractivity contribution in [2.75, 3.05) is 7.05 Å². The second-order valence-corrected chi connectivity index (χ2v) is 5.86. The highest BCUT2D eigenvalue weighted by Gasteiger charge is 2.17. The van der Waals surface area contributed by atoms with Crippen LogP contribution >= 0.6 is 11.3 Å². The van der Waals surface area contributed by atoms with E-state index in [1.165, 1.54) is 11.3 Å². The van der Waals surface area contributed by atoms with E-state index < -0.39 is 5.97 Å². The highest BCUT2D eigenvalue weighted by Crippen LogP contribution is 2.26. The molecule has 0 saturated heterocycles. The van der Waals surface area contributed by atoms with Gasteiger partial charge < -0.3 is 9.52 Å². The molecule has 102 valence electrons. The van der Waals surface area contributed by atoms with Crippen LogP contribution in [-0.4, -0.2) is 23.0 Å². The highest BCUT2D eigenvalue weighted by molar-refractivity contribution is 7.14. The minimum atomic E-state index is -0.860. The van der Waals surface area contributed by atoms with Gasteiger partial charge in [-0.05, 0) is 44.7 Å². The molecule has 2 heterocycles. The number of carboxylic acid groups (broad SMARTS) is 1. The SMILES string of the molecule is Cc1sc(C(=O)O)cc1CN(C)C(C)c1ccco1. The molecule has 1 atom stereocenters. The van der Waals surface area contributed by atoms with Crippen LogP contribution in [0.4, 0.5) is 0 Å². The molecular weight excluding hydrogens is 262 g/mol. The molecule has 0 amide bonds. The largest absolute Gasteiger partial charge is 0.477 e. The first-order valence-corrected chi connectivity index (χ1v) is 6.87. The van der Waals surface area contributed by atoms with Crippen LogP contribution in [0, 0.1) is 6.92 Å². The van der Waals surface area contributed by atoms with Crippen LogP contribution < -0.4 is 0 Å². The van der Waals surface area contributed by atoms with Crippen molar-refractivity contribution in [3.05, 3.63) is 45.5 Å². The molecule has 2 aromatic heterocycles. The van der Waals surface area contributed by atoms with Crippen molar-refractivity contribution in [1.82, 2.24) is 4.90 Å².